The summed E-state index contributed by atoms with van der Waals surface area (Å²) < 4.78 is 4.68. The lowest BCUT2D eigenvalue weighted by Gasteiger charge is -2.03. The topological polar surface area (TPSA) is 29.5 Å². The van der Waals surface area contributed by atoms with Gasteiger partial charge in [0.2, 0.25) is 5.91 Å². The summed E-state index contributed by atoms with van der Waals surface area (Å²) in [4.78, 5) is 12.3. The van der Waals surface area contributed by atoms with E-state index >= 15 is 0 Å². The summed E-state index contributed by atoms with van der Waals surface area (Å²) in [7, 11) is 2.73. The minimum atomic E-state index is 0.292. The van der Waals surface area contributed by atoms with Crippen molar-refractivity contribution in [2.45, 2.75) is 19.8 Å². The molecule has 0 aromatic carbocycles. The van der Waals surface area contributed by atoms with Gasteiger partial charge in [-0.2, -0.15) is 0 Å². The van der Waals surface area contributed by atoms with E-state index in [-0.39, 0.29) is 0 Å². The van der Waals surface area contributed by atoms with Gasteiger partial charge in [-0.05, 0) is 13.3 Å². The minimum Gasteiger partial charge on any atom is -0.428 e. The van der Waals surface area contributed by atoms with Crippen LogP contribution in [0.15, 0.2) is 0 Å². The van der Waals surface area contributed by atoms with Gasteiger partial charge in [0.25, 0.3) is 0 Å². The Kier molecular flexibility index (Phi) is 6.16. The summed E-state index contributed by atoms with van der Waals surface area (Å²) in [5.74, 6) is 0.292. The molecule has 0 saturated carbocycles. The van der Waals surface area contributed by atoms with Crippen molar-refractivity contribution in [3.8, 4) is 0 Å². The van der Waals surface area contributed by atoms with Gasteiger partial charge in [0.1, 0.15) is 10.5 Å². The Balaban J connectivity index is 0.000000218. The van der Waals surface area contributed by atoms with Crippen molar-refractivity contribution in [3.05, 3.63) is 0 Å². The predicted octanol–water partition coefficient (Wildman–Crippen LogP) is -0.458. The van der Waals surface area contributed by atoms with Gasteiger partial charge in [0, 0.05) is 26.6 Å². The molecule has 1 saturated heterocycles. The van der Waals surface area contributed by atoms with Crippen LogP contribution in [0.5, 0.6) is 0 Å². The highest BCUT2D eigenvalue weighted by Gasteiger charge is 2.14. The zero-order valence-electron chi connectivity index (χ0n) is 7.59. The monoisotopic (exact) mass is 175 g/mol. The third-order valence-electron chi connectivity index (χ3n) is 1.60. The van der Waals surface area contributed by atoms with Gasteiger partial charge in [0.05, 0.1) is 0 Å². The van der Waals surface area contributed by atoms with Crippen LogP contribution in [-0.2, 0) is 9.22 Å². The molecule has 1 aliphatic rings. The third-order valence-corrected chi connectivity index (χ3v) is 2.18. The molecule has 11 heavy (non-hydrogen) atoms. The fourth-order valence-corrected chi connectivity index (χ4v) is 0.783. The molecule has 0 spiro atoms. The number of hydrogen-bond donors (Lipinski definition) is 0. The molecule has 1 rings (SSSR count). The van der Waals surface area contributed by atoms with E-state index in [1.54, 1.807) is 4.90 Å². The molecule has 1 fully saturated rings. The van der Waals surface area contributed by atoms with E-state index in [0.29, 0.717) is 5.91 Å². The normalized spacial score (nSPS) is 16.5. The molecule has 0 aliphatic carbocycles. The van der Waals surface area contributed by atoms with Crippen LogP contribution in [0.4, 0.5) is 0 Å². The lowest BCUT2D eigenvalue weighted by atomic mass is 10.4. The van der Waals surface area contributed by atoms with Crippen LogP contribution in [0, 0.1) is 0 Å². The van der Waals surface area contributed by atoms with Crippen LogP contribution in [0.2, 0.25) is 0 Å². The van der Waals surface area contributed by atoms with E-state index in [2.05, 4.69) is 4.43 Å². The molecular weight excluding hydrogens is 158 g/mol. The van der Waals surface area contributed by atoms with Crippen LogP contribution in [0.3, 0.4) is 0 Å². The van der Waals surface area contributed by atoms with Crippen molar-refractivity contribution in [3.63, 3.8) is 0 Å². The van der Waals surface area contributed by atoms with Gasteiger partial charge in [-0.25, -0.2) is 0 Å². The van der Waals surface area contributed by atoms with Gasteiger partial charge in [-0.1, -0.05) is 0 Å². The van der Waals surface area contributed by atoms with Crippen molar-refractivity contribution in [2.24, 2.45) is 0 Å². The standard InChI is InChI=1S/C5H9NO.C2H8OSi/c1-6-4-2-3-5(6)7;1-2-3-4/h2-4H2,1H3;2H2,1,4H3. The lowest BCUT2D eigenvalue weighted by molar-refractivity contribution is -0.126. The molecule has 1 heterocycles. The molecular formula is C7H17NO2Si. The summed E-state index contributed by atoms with van der Waals surface area (Å²) in [6, 6.07) is 0. The summed E-state index contributed by atoms with van der Waals surface area (Å²) >= 11 is 0. The van der Waals surface area contributed by atoms with Gasteiger partial charge >= 0.3 is 0 Å². The van der Waals surface area contributed by atoms with Crippen molar-refractivity contribution in [1.29, 1.82) is 0 Å². The lowest BCUT2D eigenvalue weighted by Crippen LogP contribution is -2.17. The van der Waals surface area contributed by atoms with E-state index in [1.807, 2.05) is 14.0 Å². The second-order valence-electron chi connectivity index (χ2n) is 2.50. The largest absolute Gasteiger partial charge is 0.428 e. The average Bonchev–Trinajstić information content (AvgIpc) is 2.37. The minimum absolute atomic E-state index is 0.292. The summed E-state index contributed by atoms with van der Waals surface area (Å²) in [5.41, 5.74) is 0. The number of amides is 1. The molecule has 0 radical (unpaired) electrons. The van der Waals surface area contributed by atoms with Crippen molar-refractivity contribution in [1.82, 2.24) is 4.90 Å². The Hall–Kier alpha value is -0.353. The third kappa shape index (κ3) is 4.98. The van der Waals surface area contributed by atoms with Gasteiger partial charge in [-0.15, -0.1) is 0 Å². The van der Waals surface area contributed by atoms with Gasteiger partial charge in [0.15, 0.2) is 0 Å². The predicted molar refractivity (Wildman–Crippen MR) is 48.4 cm³/mol. The zero-order chi connectivity index (χ0) is 8.69. The number of carbonyl (C=O) groups is 1. The van der Waals surface area contributed by atoms with E-state index in [4.69, 9.17) is 0 Å². The summed E-state index contributed by atoms with van der Waals surface area (Å²) in [6.07, 6.45) is 1.81. The second-order valence-corrected chi connectivity index (χ2v) is 3.07. The molecule has 0 bridgehead atoms. The molecule has 3 nitrogen and oxygen atoms in total. The molecule has 0 aromatic rings. The van der Waals surface area contributed by atoms with Gasteiger partial charge in [-0.3, -0.25) is 4.79 Å². The number of hydrogen-bond acceptors (Lipinski definition) is 2. The first-order valence-corrected chi connectivity index (χ1v) is 4.77. The Labute approximate surface area is 71.3 Å². The quantitative estimate of drug-likeness (QED) is 0.505. The fraction of sp³-hybridized carbons (Fsp3) is 0.857. The van der Waals surface area contributed by atoms with E-state index in [1.165, 1.54) is 0 Å². The maximum absolute atomic E-state index is 10.5. The molecule has 0 aromatic heterocycles. The molecule has 0 N–H and O–H groups in total. The molecule has 1 aliphatic heterocycles. The SMILES string of the molecule is CCO[SiH3].CN1CCCC1=O. The van der Waals surface area contributed by atoms with Crippen LogP contribution in [-0.4, -0.2) is 41.5 Å². The van der Waals surface area contributed by atoms with E-state index in [0.717, 1.165) is 36.5 Å². The Morgan fingerprint density at radius 2 is 2.27 bits per heavy atom. The maximum atomic E-state index is 10.5. The summed E-state index contributed by atoms with van der Waals surface area (Å²) in [6.45, 7) is 3.83. The molecule has 1 amide bonds. The highest BCUT2D eigenvalue weighted by molar-refractivity contribution is 5.97. The molecule has 0 atom stereocenters. The highest BCUT2D eigenvalue weighted by atomic mass is 28.2. The van der Waals surface area contributed by atoms with Crippen molar-refractivity contribution in [2.75, 3.05) is 20.2 Å². The average molecular weight is 175 g/mol. The van der Waals surface area contributed by atoms with Crippen LogP contribution < -0.4 is 0 Å². The first kappa shape index (κ1) is 10.6. The molecule has 0 unspecified atom stereocenters. The molecule has 66 valence electrons. The Bertz CT molecular complexity index is 117. The fourth-order valence-electron chi connectivity index (χ4n) is 0.783. The Morgan fingerprint density at radius 1 is 1.73 bits per heavy atom. The van der Waals surface area contributed by atoms with Crippen LogP contribution >= 0.6 is 0 Å². The van der Waals surface area contributed by atoms with Crippen molar-refractivity contribution < 1.29 is 9.22 Å². The van der Waals surface area contributed by atoms with E-state index < -0.39 is 0 Å². The number of nitrogens with zero attached hydrogens (tertiary/aromatic N) is 1. The summed E-state index contributed by atoms with van der Waals surface area (Å²) in [5, 5.41) is 0. The number of likely N-dealkylation sites (tertiary alicyclic amines) is 1. The van der Waals surface area contributed by atoms with E-state index in [9.17, 15) is 4.79 Å². The number of rotatable bonds is 1. The Morgan fingerprint density at radius 3 is 2.36 bits per heavy atom. The van der Waals surface area contributed by atoms with Crippen LogP contribution in [0.25, 0.3) is 0 Å². The van der Waals surface area contributed by atoms with Crippen LogP contribution in [0.1, 0.15) is 19.8 Å². The number of carbonyl (C=O) groups excluding carboxylic acids is 1. The highest BCUT2D eigenvalue weighted by Crippen LogP contribution is 2.04. The first-order valence-electron chi connectivity index (χ1n) is 3.95. The van der Waals surface area contributed by atoms with Gasteiger partial charge < -0.3 is 9.33 Å². The first-order chi connectivity index (χ1) is 5.22. The molecule has 4 heteroatoms. The zero-order valence-corrected chi connectivity index (χ0v) is 9.59. The van der Waals surface area contributed by atoms with Crippen molar-refractivity contribution >= 4 is 16.4 Å². The second kappa shape index (κ2) is 6.36. The maximum Gasteiger partial charge on any atom is 0.222 e. The smallest absolute Gasteiger partial charge is 0.222 e.